The molecule has 0 spiro atoms. The monoisotopic (exact) mass is 455 g/mol. The second kappa shape index (κ2) is 8.53. The summed E-state index contributed by atoms with van der Waals surface area (Å²) < 4.78 is 31.6. The lowest BCUT2D eigenvalue weighted by Gasteiger charge is -2.35. The average molecular weight is 456 g/mol. The highest BCUT2D eigenvalue weighted by molar-refractivity contribution is 7.88. The number of hydrogen-bond donors (Lipinski definition) is 0. The van der Waals surface area contributed by atoms with Crippen LogP contribution < -0.4 is 4.90 Å². The molecule has 170 valence electrons. The van der Waals surface area contributed by atoms with Gasteiger partial charge in [-0.1, -0.05) is 12.2 Å². The smallest absolute Gasteiger partial charge is 0.211 e. The predicted octanol–water partition coefficient (Wildman–Crippen LogP) is 2.47. The van der Waals surface area contributed by atoms with Gasteiger partial charge in [-0.2, -0.15) is 0 Å². The predicted molar refractivity (Wildman–Crippen MR) is 124 cm³/mol. The van der Waals surface area contributed by atoms with Crippen LogP contribution in [0.15, 0.2) is 24.4 Å². The average Bonchev–Trinajstić information content (AvgIpc) is 3.28. The number of ether oxygens (including phenoxy) is 1. The summed E-state index contributed by atoms with van der Waals surface area (Å²) in [6.45, 7) is 5.26. The third kappa shape index (κ3) is 4.16. The Kier molecular flexibility index (Phi) is 5.73. The van der Waals surface area contributed by atoms with Gasteiger partial charge in [0.25, 0.3) is 0 Å². The topological polar surface area (TPSA) is 88.5 Å². The number of fused-ring (bicyclic) bond motifs is 1. The largest absolute Gasteiger partial charge is 0.377 e. The Hall–Kier alpha value is -2.36. The molecule has 0 unspecified atom stereocenters. The fraction of sp³-hybridized carbons (Fsp3) is 0.522. The lowest BCUT2D eigenvalue weighted by atomic mass is 9.95. The summed E-state index contributed by atoms with van der Waals surface area (Å²) in [5, 5.41) is 0. The number of piperidine rings is 1. The molecule has 4 heterocycles. The number of nitrogens with zero attached hydrogens (tertiary/aromatic N) is 5. The molecule has 0 bridgehead atoms. The van der Waals surface area contributed by atoms with Crippen molar-refractivity contribution in [3.8, 4) is 11.4 Å². The summed E-state index contributed by atoms with van der Waals surface area (Å²) in [5.74, 6) is 1.60. The minimum absolute atomic E-state index is 0.0424. The van der Waals surface area contributed by atoms with Crippen molar-refractivity contribution < 1.29 is 13.2 Å². The van der Waals surface area contributed by atoms with Crippen molar-refractivity contribution in [3.63, 3.8) is 0 Å². The Morgan fingerprint density at radius 1 is 1.22 bits per heavy atom. The van der Waals surface area contributed by atoms with Crippen LogP contribution in [-0.2, 0) is 21.2 Å². The molecule has 2 saturated heterocycles. The Bertz CT molecular complexity index is 1150. The number of aromatic nitrogens is 3. The van der Waals surface area contributed by atoms with Gasteiger partial charge in [0.2, 0.25) is 10.0 Å². The number of pyridine rings is 1. The van der Waals surface area contributed by atoms with Crippen LogP contribution >= 0.6 is 0 Å². The first-order valence-electron chi connectivity index (χ1n) is 11.2. The molecule has 0 aromatic carbocycles. The van der Waals surface area contributed by atoms with Crippen molar-refractivity contribution in [1.82, 2.24) is 19.3 Å². The van der Waals surface area contributed by atoms with Crippen LogP contribution in [0.25, 0.3) is 17.5 Å². The molecular formula is C23H29N5O3S. The van der Waals surface area contributed by atoms with Crippen molar-refractivity contribution in [2.75, 3.05) is 44.0 Å². The highest BCUT2D eigenvalue weighted by Crippen LogP contribution is 2.34. The maximum atomic E-state index is 12.2. The zero-order valence-electron chi connectivity index (χ0n) is 18.6. The number of anilines is 1. The van der Waals surface area contributed by atoms with Crippen LogP contribution in [0.4, 0.5) is 5.82 Å². The van der Waals surface area contributed by atoms with E-state index in [-0.39, 0.29) is 12.0 Å². The first kappa shape index (κ1) is 21.5. The van der Waals surface area contributed by atoms with Crippen LogP contribution in [-0.4, -0.2) is 72.8 Å². The molecule has 2 fully saturated rings. The first-order chi connectivity index (χ1) is 15.4. The maximum absolute atomic E-state index is 12.2. The van der Waals surface area contributed by atoms with E-state index in [1.807, 2.05) is 12.3 Å². The third-order valence-electron chi connectivity index (χ3n) is 6.58. The Morgan fingerprint density at radius 3 is 2.91 bits per heavy atom. The molecule has 0 saturated carbocycles. The zero-order chi connectivity index (χ0) is 22.3. The van der Waals surface area contributed by atoms with Gasteiger partial charge in [0.1, 0.15) is 5.82 Å². The number of hydrogen-bond acceptors (Lipinski definition) is 7. The summed E-state index contributed by atoms with van der Waals surface area (Å²) >= 11 is 0. The van der Waals surface area contributed by atoms with E-state index in [2.05, 4.69) is 35.0 Å². The van der Waals surface area contributed by atoms with E-state index in [1.165, 1.54) is 6.26 Å². The van der Waals surface area contributed by atoms with Crippen molar-refractivity contribution in [2.45, 2.75) is 38.1 Å². The van der Waals surface area contributed by atoms with Crippen LogP contribution in [0.3, 0.4) is 0 Å². The van der Waals surface area contributed by atoms with Gasteiger partial charge >= 0.3 is 0 Å². The minimum atomic E-state index is -3.23. The molecule has 0 amide bonds. The summed E-state index contributed by atoms with van der Waals surface area (Å²) in [6.07, 6.45) is 9.87. The molecule has 1 aliphatic carbocycles. The van der Waals surface area contributed by atoms with Crippen LogP contribution in [0, 0.1) is 0 Å². The van der Waals surface area contributed by atoms with Crippen molar-refractivity contribution in [2.24, 2.45) is 0 Å². The molecule has 32 heavy (non-hydrogen) atoms. The number of allylic oxidation sites excluding steroid dienone is 1. The second-order valence-corrected chi connectivity index (χ2v) is 10.9. The maximum Gasteiger partial charge on any atom is 0.211 e. The van der Waals surface area contributed by atoms with Crippen molar-refractivity contribution in [1.29, 1.82) is 0 Å². The Balaban J connectivity index is 1.59. The van der Waals surface area contributed by atoms with Gasteiger partial charge in [-0.05, 0) is 25.8 Å². The van der Waals surface area contributed by atoms with Gasteiger partial charge in [-0.3, -0.25) is 4.98 Å². The van der Waals surface area contributed by atoms with Gasteiger partial charge in [-0.25, -0.2) is 22.7 Å². The van der Waals surface area contributed by atoms with Crippen molar-refractivity contribution in [3.05, 3.63) is 41.4 Å². The van der Waals surface area contributed by atoms with Crippen LogP contribution in [0.5, 0.6) is 0 Å². The molecule has 2 aliphatic heterocycles. The van der Waals surface area contributed by atoms with Gasteiger partial charge in [0.15, 0.2) is 5.82 Å². The van der Waals surface area contributed by atoms with Crippen LogP contribution in [0.2, 0.25) is 0 Å². The highest BCUT2D eigenvalue weighted by Gasteiger charge is 2.30. The number of morpholine rings is 1. The molecule has 2 aromatic rings. The SMILES string of the molecule is C[C@@H]1COCCN1c1cc([C@H]2CCCN(S(C)(=O)=O)C2)nc(-c2ccnc3c2C=CC3)n1. The fourth-order valence-electron chi connectivity index (χ4n) is 4.83. The highest BCUT2D eigenvalue weighted by atomic mass is 32.2. The van der Waals surface area contributed by atoms with E-state index in [4.69, 9.17) is 14.7 Å². The molecule has 0 N–H and O–H groups in total. The fourth-order valence-corrected chi connectivity index (χ4v) is 5.74. The third-order valence-corrected chi connectivity index (χ3v) is 7.84. The van der Waals surface area contributed by atoms with E-state index in [0.717, 1.165) is 54.1 Å². The van der Waals surface area contributed by atoms with Gasteiger partial charge in [-0.15, -0.1) is 0 Å². The molecular weight excluding hydrogens is 426 g/mol. The Labute approximate surface area is 189 Å². The second-order valence-electron chi connectivity index (χ2n) is 8.88. The number of sulfonamides is 1. The normalized spacial score (nSPS) is 24.0. The molecule has 2 aromatic heterocycles. The van der Waals surface area contributed by atoms with E-state index in [9.17, 15) is 8.42 Å². The Morgan fingerprint density at radius 2 is 2.09 bits per heavy atom. The summed E-state index contributed by atoms with van der Waals surface area (Å²) in [7, 11) is -3.23. The van der Waals surface area contributed by atoms with Crippen LogP contribution in [0.1, 0.15) is 42.6 Å². The lowest BCUT2D eigenvalue weighted by molar-refractivity contribution is 0.0985. The lowest BCUT2D eigenvalue weighted by Crippen LogP contribution is -2.44. The molecule has 5 rings (SSSR count). The first-order valence-corrected chi connectivity index (χ1v) is 13.1. The van der Waals surface area contributed by atoms with E-state index >= 15 is 0 Å². The van der Waals surface area contributed by atoms with Gasteiger partial charge in [0.05, 0.1) is 36.9 Å². The summed E-state index contributed by atoms with van der Waals surface area (Å²) in [6, 6.07) is 4.24. The molecule has 8 nitrogen and oxygen atoms in total. The zero-order valence-corrected chi connectivity index (χ0v) is 19.4. The van der Waals surface area contributed by atoms with Gasteiger partial charge < -0.3 is 9.64 Å². The standard InChI is InChI=1S/C23H29N5O3S/c1-16-15-31-12-11-28(16)22-13-21(17-5-4-10-27(14-17)32(2,29)30)25-23(26-22)19-8-9-24-20-7-3-6-18(19)20/h3,6,8-9,13,16-17H,4-5,7,10-12,14-15H2,1-2H3/t16-,17+/m1/s1. The van der Waals surface area contributed by atoms with Gasteiger partial charge in [0, 0.05) is 55.4 Å². The number of rotatable bonds is 4. The van der Waals surface area contributed by atoms with E-state index < -0.39 is 10.0 Å². The summed E-state index contributed by atoms with van der Waals surface area (Å²) in [5.41, 5.74) is 4.00. The quantitative estimate of drug-likeness (QED) is 0.700. The molecule has 2 atom stereocenters. The minimum Gasteiger partial charge on any atom is -0.377 e. The van der Waals surface area contributed by atoms with Crippen molar-refractivity contribution >= 4 is 21.9 Å². The summed E-state index contributed by atoms with van der Waals surface area (Å²) in [4.78, 5) is 16.7. The molecule has 0 radical (unpaired) electrons. The molecule has 3 aliphatic rings. The molecule has 9 heteroatoms. The van der Waals surface area contributed by atoms with E-state index in [1.54, 1.807) is 4.31 Å². The van der Waals surface area contributed by atoms with E-state index in [0.29, 0.717) is 32.1 Å².